The van der Waals surface area contributed by atoms with E-state index in [2.05, 4.69) is 20.5 Å². The van der Waals surface area contributed by atoms with E-state index in [1.54, 1.807) is 6.07 Å². The molecule has 3 heterocycles. The van der Waals surface area contributed by atoms with Crippen LogP contribution in [0.4, 0.5) is 4.39 Å². The topological polar surface area (TPSA) is 151 Å². The van der Waals surface area contributed by atoms with Gasteiger partial charge in [-0.1, -0.05) is 16.8 Å². The van der Waals surface area contributed by atoms with Gasteiger partial charge in [0.05, 0.1) is 22.2 Å². The van der Waals surface area contributed by atoms with Gasteiger partial charge >= 0.3 is 5.76 Å². The molecule has 0 saturated carbocycles. The molecule has 0 fully saturated rings. The summed E-state index contributed by atoms with van der Waals surface area (Å²) < 4.78 is 46.9. The molecule has 15 heteroatoms. The van der Waals surface area contributed by atoms with Crippen LogP contribution in [-0.2, 0) is 15.6 Å². The number of benzene rings is 1. The summed E-state index contributed by atoms with van der Waals surface area (Å²) in [6.07, 6.45) is 3.16. The van der Waals surface area contributed by atoms with Gasteiger partial charge in [0, 0.05) is 30.2 Å². The highest BCUT2D eigenvalue weighted by Gasteiger charge is 2.23. The van der Waals surface area contributed by atoms with Gasteiger partial charge in [0.2, 0.25) is 5.82 Å². The molecular formula is C21H17ClFN5O6S2. The standard InChI is InChI=1S/C21H17ClFN5O6S2/c1-36(31,32)11-13-5-4-12(10-24-13)17(29)3-2-8-35-20-18(25-34-27-20)19-26-33-21(30)28(19)14-6-7-16(23)15(22)9-14/h4-7,9-10H,2-3,8,11H2,1H3. The average molecular weight is 554 g/mol. The zero-order valence-corrected chi connectivity index (χ0v) is 20.9. The smallest absolute Gasteiger partial charge is 0.295 e. The van der Waals surface area contributed by atoms with Crippen molar-refractivity contribution in [2.45, 2.75) is 23.6 Å². The van der Waals surface area contributed by atoms with Crippen LogP contribution in [-0.4, -0.2) is 51.2 Å². The van der Waals surface area contributed by atoms with Gasteiger partial charge in [-0.15, -0.1) is 11.8 Å². The van der Waals surface area contributed by atoms with Crippen molar-refractivity contribution < 1.29 is 26.8 Å². The van der Waals surface area contributed by atoms with Crippen LogP contribution in [0.2, 0.25) is 5.02 Å². The molecule has 0 saturated heterocycles. The van der Waals surface area contributed by atoms with E-state index in [0.717, 1.165) is 16.9 Å². The lowest BCUT2D eigenvalue weighted by Crippen LogP contribution is -2.13. The molecule has 0 amide bonds. The second-order valence-corrected chi connectivity index (χ2v) is 11.2. The summed E-state index contributed by atoms with van der Waals surface area (Å²) in [7, 11) is -3.21. The summed E-state index contributed by atoms with van der Waals surface area (Å²) >= 11 is 7.06. The summed E-state index contributed by atoms with van der Waals surface area (Å²) in [5.41, 5.74) is 1.09. The lowest BCUT2D eigenvalue weighted by molar-refractivity contribution is 0.0981. The highest BCUT2D eigenvalue weighted by molar-refractivity contribution is 7.99. The summed E-state index contributed by atoms with van der Waals surface area (Å²) in [4.78, 5) is 28.7. The first kappa shape index (κ1) is 25.7. The molecule has 0 aliphatic carbocycles. The Hall–Kier alpha value is -3.36. The number of halogens is 2. The second-order valence-electron chi connectivity index (χ2n) is 7.61. The summed E-state index contributed by atoms with van der Waals surface area (Å²) in [5.74, 6) is -1.39. The van der Waals surface area contributed by atoms with Crippen LogP contribution in [0.1, 0.15) is 28.9 Å². The van der Waals surface area contributed by atoms with Crippen molar-refractivity contribution in [3.05, 3.63) is 69.2 Å². The number of ketones is 1. The minimum Gasteiger partial charge on any atom is -0.295 e. The first-order valence-electron chi connectivity index (χ1n) is 10.3. The van der Waals surface area contributed by atoms with E-state index < -0.39 is 21.4 Å². The number of sulfone groups is 1. The number of aromatic nitrogens is 5. The highest BCUT2D eigenvalue weighted by atomic mass is 35.5. The van der Waals surface area contributed by atoms with Gasteiger partial charge < -0.3 is 0 Å². The number of hydrogen-bond donors (Lipinski definition) is 0. The van der Waals surface area contributed by atoms with E-state index in [1.807, 2.05) is 0 Å². The Morgan fingerprint density at radius 1 is 1.19 bits per heavy atom. The molecule has 0 bridgehead atoms. The van der Waals surface area contributed by atoms with Crippen molar-refractivity contribution in [3.63, 3.8) is 0 Å². The molecule has 0 atom stereocenters. The van der Waals surface area contributed by atoms with Crippen molar-refractivity contribution in [2.75, 3.05) is 12.0 Å². The summed E-state index contributed by atoms with van der Waals surface area (Å²) in [6, 6.07) is 6.74. The van der Waals surface area contributed by atoms with Crippen LogP contribution >= 0.6 is 23.4 Å². The third-order valence-electron chi connectivity index (χ3n) is 4.78. The Morgan fingerprint density at radius 2 is 2.00 bits per heavy atom. The molecule has 188 valence electrons. The lowest BCUT2D eigenvalue weighted by Gasteiger charge is -2.05. The molecule has 36 heavy (non-hydrogen) atoms. The van der Waals surface area contributed by atoms with E-state index >= 15 is 0 Å². The van der Waals surface area contributed by atoms with Crippen LogP contribution in [0, 0.1) is 5.82 Å². The first-order valence-corrected chi connectivity index (χ1v) is 13.7. The molecule has 0 aliphatic heterocycles. The normalized spacial score (nSPS) is 11.6. The molecule has 0 radical (unpaired) electrons. The molecular weight excluding hydrogens is 537 g/mol. The van der Waals surface area contributed by atoms with E-state index in [1.165, 1.54) is 36.2 Å². The van der Waals surface area contributed by atoms with Crippen molar-refractivity contribution >= 4 is 39.0 Å². The van der Waals surface area contributed by atoms with Gasteiger partial charge in [-0.3, -0.25) is 14.3 Å². The predicted octanol–water partition coefficient (Wildman–Crippen LogP) is 3.36. The van der Waals surface area contributed by atoms with Gasteiger partial charge in [0.15, 0.2) is 26.3 Å². The molecule has 4 aromatic rings. The summed E-state index contributed by atoms with van der Waals surface area (Å²) in [6.45, 7) is 0. The maximum Gasteiger partial charge on any atom is 0.446 e. The number of nitrogens with zero attached hydrogens (tertiary/aromatic N) is 5. The van der Waals surface area contributed by atoms with Crippen molar-refractivity contribution in [1.82, 2.24) is 25.0 Å². The highest BCUT2D eigenvalue weighted by Crippen LogP contribution is 2.29. The predicted molar refractivity (Wildman–Crippen MR) is 127 cm³/mol. The Morgan fingerprint density at radius 3 is 2.69 bits per heavy atom. The van der Waals surface area contributed by atoms with Gasteiger partial charge in [0.1, 0.15) is 5.82 Å². The number of Topliss-reactive ketones (excluding diaryl/α,β-unsaturated/α-hetero) is 1. The van der Waals surface area contributed by atoms with Crippen molar-refractivity contribution in [2.24, 2.45) is 0 Å². The minimum atomic E-state index is -3.21. The number of thioether (sulfide) groups is 1. The summed E-state index contributed by atoms with van der Waals surface area (Å²) in [5, 5.41) is 11.5. The molecule has 1 aromatic carbocycles. The fraction of sp³-hybridized carbons (Fsp3) is 0.238. The lowest BCUT2D eigenvalue weighted by atomic mass is 10.1. The first-order chi connectivity index (χ1) is 17.1. The number of rotatable bonds is 10. The third kappa shape index (κ3) is 6.06. The van der Waals surface area contributed by atoms with Crippen molar-refractivity contribution in [1.29, 1.82) is 0 Å². The quantitative estimate of drug-likeness (QED) is 0.161. The minimum absolute atomic E-state index is 0.0113. The monoisotopic (exact) mass is 553 g/mol. The number of carbonyl (C=O) groups is 1. The van der Waals surface area contributed by atoms with Gasteiger partial charge in [-0.2, -0.15) is 0 Å². The SMILES string of the molecule is CS(=O)(=O)Cc1ccc(C(=O)CCCSc2nonc2-c2noc(=O)n2-c2ccc(F)c(Cl)c2)cn1. The Bertz CT molecular complexity index is 1570. The largest absolute Gasteiger partial charge is 0.446 e. The number of carbonyl (C=O) groups excluding carboxylic acids is 1. The van der Waals surface area contributed by atoms with E-state index in [9.17, 15) is 22.4 Å². The van der Waals surface area contributed by atoms with Crippen molar-refractivity contribution in [3.8, 4) is 17.2 Å². The molecule has 0 N–H and O–H groups in total. The molecule has 3 aromatic heterocycles. The van der Waals surface area contributed by atoms with Crippen LogP contribution < -0.4 is 5.76 Å². The number of pyridine rings is 1. The fourth-order valence-corrected chi connectivity index (χ4v) is 4.87. The second kappa shape index (κ2) is 10.7. The average Bonchev–Trinajstić information content (AvgIpc) is 3.44. The van der Waals surface area contributed by atoms with Gasteiger partial charge in [-0.05, 0) is 47.1 Å². The zero-order chi connectivity index (χ0) is 25.9. The van der Waals surface area contributed by atoms with E-state index in [0.29, 0.717) is 28.5 Å². The van der Waals surface area contributed by atoms with Crippen LogP contribution in [0.3, 0.4) is 0 Å². The van der Waals surface area contributed by atoms with E-state index in [4.69, 9.17) is 20.8 Å². The molecule has 4 rings (SSSR count). The fourth-order valence-electron chi connectivity index (χ4n) is 3.15. The maximum atomic E-state index is 13.5. The van der Waals surface area contributed by atoms with Gasteiger partial charge in [0.25, 0.3) is 0 Å². The molecule has 11 nitrogen and oxygen atoms in total. The molecule has 0 aliphatic rings. The Labute approximate surface area is 212 Å². The number of hydrogen-bond acceptors (Lipinski definition) is 11. The third-order valence-corrected chi connectivity index (χ3v) is 6.92. The molecule has 0 unspecified atom stereocenters. The van der Waals surface area contributed by atoms with Gasteiger partial charge in [-0.25, -0.2) is 26.8 Å². The van der Waals surface area contributed by atoms with Crippen LogP contribution in [0.15, 0.2) is 55.5 Å². The van der Waals surface area contributed by atoms with E-state index in [-0.39, 0.29) is 40.2 Å². The van der Waals surface area contributed by atoms with Crippen LogP contribution in [0.5, 0.6) is 0 Å². The zero-order valence-electron chi connectivity index (χ0n) is 18.6. The Kier molecular flexibility index (Phi) is 7.66. The maximum absolute atomic E-state index is 13.5. The van der Waals surface area contributed by atoms with Crippen LogP contribution in [0.25, 0.3) is 17.2 Å². The molecule has 0 spiro atoms. The Balaban J connectivity index is 1.40.